The van der Waals surface area contributed by atoms with Crippen LogP contribution in [0, 0.1) is 23.2 Å². The summed E-state index contributed by atoms with van der Waals surface area (Å²) >= 11 is 0. The summed E-state index contributed by atoms with van der Waals surface area (Å²) in [6, 6.07) is 0. The molecule has 2 nitrogen and oxygen atoms in total. The monoisotopic (exact) mass is 168 g/mol. The lowest BCUT2D eigenvalue weighted by Crippen LogP contribution is -2.25. The number of carbonyl (C=O) groups is 1. The van der Waals surface area contributed by atoms with Crippen LogP contribution in [0.3, 0.4) is 0 Å². The average Bonchev–Trinajstić information content (AvgIpc) is 2.55. The van der Waals surface area contributed by atoms with Crippen molar-refractivity contribution in [2.75, 3.05) is 6.61 Å². The molecule has 2 aliphatic rings. The molecule has 12 heavy (non-hydrogen) atoms. The Morgan fingerprint density at radius 2 is 2.25 bits per heavy atom. The number of carbonyl (C=O) groups excluding carboxylic acids is 1. The van der Waals surface area contributed by atoms with Gasteiger partial charge >= 0.3 is 0 Å². The highest BCUT2D eigenvalue weighted by Crippen LogP contribution is 2.65. The van der Waals surface area contributed by atoms with Crippen molar-refractivity contribution in [1.82, 2.24) is 0 Å². The van der Waals surface area contributed by atoms with Gasteiger partial charge in [-0.1, -0.05) is 13.8 Å². The van der Waals surface area contributed by atoms with Crippen LogP contribution in [0.2, 0.25) is 0 Å². The Morgan fingerprint density at radius 3 is 2.75 bits per heavy atom. The Bertz CT molecular complexity index is 220. The van der Waals surface area contributed by atoms with Crippen LogP contribution in [0.25, 0.3) is 0 Å². The summed E-state index contributed by atoms with van der Waals surface area (Å²) in [7, 11) is 0. The van der Waals surface area contributed by atoms with Crippen molar-refractivity contribution < 1.29 is 9.90 Å². The molecule has 0 bridgehead atoms. The fourth-order valence-corrected chi connectivity index (χ4v) is 3.04. The molecule has 0 aromatic heterocycles. The lowest BCUT2D eigenvalue weighted by molar-refractivity contribution is -0.126. The Labute approximate surface area is 73.0 Å². The second kappa shape index (κ2) is 2.32. The number of ketones is 1. The first-order valence-corrected chi connectivity index (χ1v) is 4.72. The average molecular weight is 168 g/mol. The standard InChI is InChI=1S/C10H16O2/c1-10(2)7-3-4-8(12)6(5-11)9(7)10/h6-7,9,11H,3-5H2,1-2H3. The van der Waals surface area contributed by atoms with Gasteiger partial charge in [-0.3, -0.25) is 4.79 Å². The molecule has 1 N–H and O–H groups in total. The third-order valence-electron chi connectivity index (χ3n) is 3.88. The van der Waals surface area contributed by atoms with E-state index in [1.54, 1.807) is 0 Å². The lowest BCUT2D eigenvalue weighted by atomic mass is 9.88. The van der Waals surface area contributed by atoms with E-state index in [9.17, 15) is 4.79 Å². The van der Waals surface area contributed by atoms with Crippen LogP contribution in [0.5, 0.6) is 0 Å². The smallest absolute Gasteiger partial charge is 0.138 e. The number of hydrogen-bond donors (Lipinski definition) is 1. The van der Waals surface area contributed by atoms with Crippen LogP contribution >= 0.6 is 0 Å². The van der Waals surface area contributed by atoms with Gasteiger partial charge in [-0.2, -0.15) is 0 Å². The molecule has 0 aromatic rings. The summed E-state index contributed by atoms with van der Waals surface area (Å²) in [4.78, 5) is 11.4. The zero-order chi connectivity index (χ0) is 8.93. The van der Waals surface area contributed by atoms with Gasteiger partial charge in [0.25, 0.3) is 0 Å². The van der Waals surface area contributed by atoms with E-state index in [1.165, 1.54) is 0 Å². The second-order valence-corrected chi connectivity index (χ2v) is 4.75. The van der Waals surface area contributed by atoms with Gasteiger partial charge in [0.2, 0.25) is 0 Å². The summed E-state index contributed by atoms with van der Waals surface area (Å²) in [5.74, 6) is 1.42. The van der Waals surface area contributed by atoms with Crippen molar-refractivity contribution in [3.05, 3.63) is 0 Å². The highest BCUT2D eigenvalue weighted by molar-refractivity contribution is 5.83. The molecule has 2 rings (SSSR count). The van der Waals surface area contributed by atoms with Gasteiger partial charge in [-0.15, -0.1) is 0 Å². The highest BCUT2D eigenvalue weighted by Gasteiger charge is 2.63. The zero-order valence-corrected chi connectivity index (χ0v) is 7.71. The topological polar surface area (TPSA) is 37.3 Å². The maximum absolute atomic E-state index is 11.4. The van der Waals surface area contributed by atoms with Gasteiger partial charge in [-0.25, -0.2) is 0 Å². The molecular weight excluding hydrogens is 152 g/mol. The third kappa shape index (κ3) is 0.875. The van der Waals surface area contributed by atoms with E-state index in [-0.39, 0.29) is 18.3 Å². The van der Waals surface area contributed by atoms with E-state index in [1.807, 2.05) is 0 Å². The number of Topliss-reactive ketones (excluding diaryl/α,β-unsaturated/α-hetero) is 1. The number of aliphatic hydroxyl groups is 1. The molecule has 0 saturated heterocycles. The third-order valence-corrected chi connectivity index (χ3v) is 3.88. The molecule has 0 radical (unpaired) electrons. The van der Waals surface area contributed by atoms with E-state index in [2.05, 4.69) is 13.8 Å². The van der Waals surface area contributed by atoms with Gasteiger partial charge in [0.15, 0.2) is 0 Å². The van der Waals surface area contributed by atoms with Crippen molar-refractivity contribution in [3.8, 4) is 0 Å². The van der Waals surface area contributed by atoms with E-state index < -0.39 is 0 Å². The van der Waals surface area contributed by atoms with Crippen molar-refractivity contribution in [2.45, 2.75) is 26.7 Å². The Morgan fingerprint density at radius 1 is 1.58 bits per heavy atom. The van der Waals surface area contributed by atoms with Crippen LogP contribution in [0.4, 0.5) is 0 Å². The minimum Gasteiger partial charge on any atom is -0.396 e. The first-order chi connectivity index (χ1) is 5.59. The SMILES string of the molecule is CC1(C)C2CCC(=O)C(CO)C21. The number of aliphatic hydroxyl groups excluding tert-OH is 1. The van der Waals surface area contributed by atoms with Crippen molar-refractivity contribution >= 4 is 5.78 Å². The molecule has 3 unspecified atom stereocenters. The normalized spacial score (nSPS) is 43.9. The molecule has 0 spiro atoms. The first kappa shape index (κ1) is 8.24. The maximum atomic E-state index is 11.4. The second-order valence-electron chi connectivity index (χ2n) is 4.75. The van der Waals surface area contributed by atoms with Crippen LogP contribution in [-0.2, 0) is 4.79 Å². The van der Waals surface area contributed by atoms with E-state index in [0.29, 0.717) is 23.7 Å². The minimum atomic E-state index is -0.0428. The fourth-order valence-electron chi connectivity index (χ4n) is 3.04. The molecule has 2 saturated carbocycles. The van der Waals surface area contributed by atoms with Crippen LogP contribution in [0.15, 0.2) is 0 Å². The molecule has 3 atom stereocenters. The van der Waals surface area contributed by atoms with Gasteiger partial charge in [0.05, 0.1) is 6.61 Å². The van der Waals surface area contributed by atoms with E-state index >= 15 is 0 Å². The summed E-state index contributed by atoms with van der Waals surface area (Å²) in [6.45, 7) is 4.48. The molecule has 0 amide bonds. The van der Waals surface area contributed by atoms with Crippen LogP contribution < -0.4 is 0 Å². The van der Waals surface area contributed by atoms with Gasteiger partial charge in [0, 0.05) is 12.3 Å². The summed E-state index contributed by atoms with van der Waals surface area (Å²) in [5, 5.41) is 9.07. The van der Waals surface area contributed by atoms with E-state index in [0.717, 1.165) is 6.42 Å². The van der Waals surface area contributed by atoms with Crippen molar-refractivity contribution in [2.24, 2.45) is 23.2 Å². The molecule has 0 aliphatic heterocycles. The molecule has 2 fully saturated rings. The predicted octanol–water partition coefficient (Wildman–Crippen LogP) is 1.23. The van der Waals surface area contributed by atoms with Gasteiger partial charge in [0.1, 0.15) is 5.78 Å². The largest absolute Gasteiger partial charge is 0.396 e. The number of fused-ring (bicyclic) bond motifs is 1. The minimum absolute atomic E-state index is 0.0428. The molecule has 2 aliphatic carbocycles. The molecule has 0 heterocycles. The van der Waals surface area contributed by atoms with Gasteiger partial charge < -0.3 is 5.11 Å². The molecule has 0 aromatic carbocycles. The summed E-state index contributed by atoms with van der Waals surface area (Å²) < 4.78 is 0. The zero-order valence-electron chi connectivity index (χ0n) is 7.71. The van der Waals surface area contributed by atoms with Crippen molar-refractivity contribution in [1.29, 1.82) is 0 Å². The highest BCUT2D eigenvalue weighted by atomic mass is 16.3. The van der Waals surface area contributed by atoms with Crippen molar-refractivity contribution in [3.63, 3.8) is 0 Å². The maximum Gasteiger partial charge on any atom is 0.138 e. The number of rotatable bonds is 1. The Hall–Kier alpha value is -0.370. The molecule has 2 heteroatoms. The Kier molecular flexibility index (Phi) is 1.59. The fraction of sp³-hybridized carbons (Fsp3) is 0.900. The van der Waals surface area contributed by atoms with E-state index in [4.69, 9.17) is 5.11 Å². The quantitative estimate of drug-likeness (QED) is 0.639. The van der Waals surface area contributed by atoms with Crippen LogP contribution in [0.1, 0.15) is 26.7 Å². The first-order valence-electron chi connectivity index (χ1n) is 4.72. The molecule has 68 valence electrons. The summed E-state index contributed by atoms with van der Waals surface area (Å²) in [6.07, 6.45) is 1.74. The lowest BCUT2D eigenvalue weighted by Gasteiger charge is -2.17. The van der Waals surface area contributed by atoms with Crippen LogP contribution in [-0.4, -0.2) is 17.5 Å². The van der Waals surface area contributed by atoms with Gasteiger partial charge in [-0.05, 0) is 23.7 Å². The molecular formula is C10H16O2. The summed E-state index contributed by atoms with van der Waals surface area (Å²) in [5.41, 5.74) is 0.319. The predicted molar refractivity (Wildman–Crippen MR) is 45.6 cm³/mol. The number of hydrogen-bond acceptors (Lipinski definition) is 2. The Balaban J connectivity index is 2.17.